The first-order chi connectivity index (χ1) is 10.2. The van der Waals surface area contributed by atoms with Crippen LogP contribution < -0.4 is 10.5 Å². The Hall–Kier alpha value is -1.56. The minimum Gasteiger partial charge on any atom is -0.489 e. The van der Waals surface area contributed by atoms with Crippen molar-refractivity contribution in [3.63, 3.8) is 0 Å². The molecule has 5 heteroatoms. The zero-order chi connectivity index (χ0) is 15.1. The third-order valence-corrected chi connectivity index (χ3v) is 3.65. The van der Waals surface area contributed by atoms with Gasteiger partial charge in [-0.15, -0.1) is 0 Å². The third-order valence-electron chi connectivity index (χ3n) is 2.88. The molecule has 2 rings (SSSR count). The summed E-state index contributed by atoms with van der Waals surface area (Å²) in [4.78, 5) is 0. The molecule has 0 aromatic heterocycles. The van der Waals surface area contributed by atoms with Crippen molar-refractivity contribution in [1.29, 1.82) is 0 Å². The van der Waals surface area contributed by atoms with Gasteiger partial charge in [-0.25, -0.2) is 0 Å². The van der Waals surface area contributed by atoms with Gasteiger partial charge in [-0.3, -0.25) is 0 Å². The molecule has 1 atom stereocenters. The summed E-state index contributed by atoms with van der Waals surface area (Å²) in [5.74, 6) is 0.572. The van der Waals surface area contributed by atoms with Crippen LogP contribution in [-0.2, 0) is 11.3 Å². The Balaban J connectivity index is 1.72. The van der Waals surface area contributed by atoms with E-state index in [1.54, 1.807) is 12.1 Å². The lowest BCUT2D eigenvalue weighted by Crippen LogP contribution is -2.23. The lowest BCUT2D eigenvalue weighted by Gasteiger charge is -2.14. The van der Waals surface area contributed by atoms with Crippen LogP contribution in [0.25, 0.3) is 0 Å². The van der Waals surface area contributed by atoms with Crippen LogP contribution in [0.3, 0.4) is 0 Å². The standard InChI is InChI=1S/C16H18BrNO3/c17-14-6-2-1-5-12(14)9-20-10-13(19)11-21-16-8-4-3-7-15(16)18/h1-8,13,19H,9-11,18H2. The molecule has 4 nitrogen and oxygen atoms in total. The first kappa shape index (κ1) is 15.8. The molecule has 1 unspecified atom stereocenters. The fourth-order valence-corrected chi connectivity index (χ4v) is 2.17. The summed E-state index contributed by atoms with van der Waals surface area (Å²) in [5.41, 5.74) is 7.35. The van der Waals surface area contributed by atoms with Gasteiger partial charge >= 0.3 is 0 Å². The lowest BCUT2D eigenvalue weighted by molar-refractivity contribution is 0.00548. The van der Waals surface area contributed by atoms with Gasteiger partial charge < -0.3 is 20.3 Å². The summed E-state index contributed by atoms with van der Waals surface area (Å²) in [7, 11) is 0. The predicted octanol–water partition coefficient (Wildman–Crippen LogP) is 2.99. The number of benzene rings is 2. The van der Waals surface area contributed by atoms with Crippen molar-refractivity contribution in [3.8, 4) is 5.75 Å². The highest BCUT2D eigenvalue weighted by atomic mass is 79.9. The minimum absolute atomic E-state index is 0.143. The smallest absolute Gasteiger partial charge is 0.142 e. The van der Waals surface area contributed by atoms with Gasteiger partial charge in [0.1, 0.15) is 18.5 Å². The molecule has 0 bridgehead atoms. The van der Waals surface area contributed by atoms with Crippen LogP contribution in [0.15, 0.2) is 53.0 Å². The maximum absolute atomic E-state index is 9.85. The highest BCUT2D eigenvalue weighted by Gasteiger charge is 2.08. The molecule has 21 heavy (non-hydrogen) atoms. The summed E-state index contributed by atoms with van der Waals surface area (Å²) in [5, 5.41) is 9.85. The zero-order valence-electron chi connectivity index (χ0n) is 11.5. The number of hydrogen-bond acceptors (Lipinski definition) is 4. The van der Waals surface area contributed by atoms with E-state index in [0.717, 1.165) is 10.0 Å². The summed E-state index contributed by atoms with van der Waals surface area (Å²) in [6, 6.07) is 15.0. The number of hydrogen-bond donors (Lipinski definition) is 2. The van der Waals surface area contributed by atoms with Gasteiger partial charge in [-0.05, 0) is 23.8 Å². The second-order valence-electron chi connectivity index (χ2n) is 4.61. The van der Waals surface area contributed by atoms with Gasteiger partial charge in [-0.1, -0.05) is 46.3 Å². The molecule has 112 valence electrons. The highest BCUT2D eigenvalue weighted by Crippen LogP contribution is 2.20. The molecule has 0 saturated heterocycles. The van der Waals surface area contributed by atoms with Gasteiger partial charge in [0, 0.05) is 4.47 Å². The van der Waals surface area contributed by atoms with Crippen molar-refractivity contribution in [2.75, 3.05) is 18.9 Å². The molecule has 0 aliphatic rings. The maximum atomic E-state index is 9.85. The number of para-hydroxylation sites is 2. The van der Waals surface area contributed by atoms with Crippen LogP contribution >= 0.6 is 15.9 Å². The predicted molar refractivity (Wildman–Crippen MR) is 86.2 cm³/mol. The quantitative estimate of drug-likeness (QED) is 0.752. The van der Waals surface area contributed by atoms with Gasteiger partial charge in [0.05, 0.1) is 18.9 Å². The van der Waals surface area contributed by atoms with Crippen LogP contribution in [0.2, 0.25) is 0 Å². The van der Waals surface area contributed by atoms with Crippen LogP contribution in [0.4, 0.5) is 5.69 Å². The van der Waals surface area contributed by atoms with Crippen molar-refractivity contribution in [1.82, 2.24) is 0 Å². The van der Waals surface area contributed by atoms with E-state index in [-0.39, 0.29) is 13.2 Å². The molecule has 0 amide bonds. The average Bonchev–Trinajstić information content (AvgIpc) is 2.48. The molecule has 0 aliphatic heterocycles. The van der Waals surface area contributed by atoms with E-state index < -0.39 is 6.10 Å². The Bertz CT molecular complexity index is 577. The normalized spacial score (nSPS) is 12.1. The van der Waals surface area contributed by atoms with Gasteiger partial charge in [-0.2, -0.15) is 0 Å². The van der Waals surface area contributed by atoms with Crippen molar-refractivity contribution in [3.05, 3.63) is 58.6 Å². The van der Waals surface area contributed by atoms with Crippen molar-refractivity contribution >= 4 is 21.6 Å². The number of anilines is 1. The minimum atomic E-state index is -0.702. The topological polar surface area (TPSA) is 64.7 Å². The molecule has 0 spiro atoms. The van der Waals surface area contributed by atoms with Crippen LogP contribution in [0, 0.1) is 0 Å². The van der Waals surface area contributed by atoms with E-state index in [0.29, 0.717) is 18.0 Å². The number of ether oxygens (including phenoxy) is 2. The van der Waals surface area contributed by atoms with E-state index in [4.69, 9.17) is 15.2 Å². The number of halogens is 1. The Morgan fingerprint density at radius 3 is 2.52 bits per heavy atom. The Morgan fingerprint density at radius 1 is 1.05 bits per heavy atom. The summed E-state index contributed by atoms with van der Waals surface area (Å²) >= 11 is 3.45. The van der Waals surface area contributed by atoms with Crippen LogP contribution in [0.5, 0.6) is 5.75 Å². The summed E-state index contributed by atoms with van der Waals surface area (Å²) < 4.78 is 11.9. The van der Waals surface area contributed by atoms with Crippen molar-refractivity contribution < 1.29 is 14.6 Å². The Kier molecular flexibility index (Phi) is 6.04. The Morgan fingerprint density at radius 2 is 1.76 bits per heavy atom. The fourth-order valence-electron chi connectivity index (χ4n) is 1.77. The molecule has 2 aromatic rings. The third kappa shape index (κ3) is 5.04. The second-order valence-corrected chi connectivity index (χ2v) is 5.46. The van der Waals surface area contributed by atoms with Gasteiger partial charge in [0.25, 0.3) is 0 Å². The van der Waals surface area contributed by atoms with E-state index in [1.165, 1.54) is 0 Å². The fraction of sp³-hybridized carbons (Fsp3) is 0.250. The molecule has 2 aromatic carbocycles. The summed E-state index contributed by atoms with van der Waals surface area (Å²) in [6.45, 7) is 0.782. The highest BCUT2D eigenvalue weighted by molar-refractivity contribution is 9.10. The number of rotatable bonds is 7. The molecular formula is C16H18BrNO3. The van der Waals surface area contributed by atoms with Crippen LogP contribution in [-0.4, -0.2) is 24.4 Å². The van der Waals surface area contributed by atoms with E-state index >= 15 is 0 Å². The van der Waals surface area contributed by atoms with E-state index in [9.17, 15) is 5.11 Å². The lowest BCUT2D eigenvalue weighted by atomic mass is 10.2. The molecule has 3 N–H and O–H groups in total. The monoisotopic (exact) mass is 351 g/mol. The first-order valence-electron chi connectivity index (χ1n) is 6.63. The van der Waals surface area contributed by atoms with Crippen molar-refractivity contribution in [2.24, 2.45) is 0 Å². The number of nitrogens with two attached hydrogens (primary N) is 1. The van der Waals surface area contributed by atoms with Crippen molar-refractivity contribution in [2.45, 2.75) is 12.7 Å². The number of nitrogen functional groups attached to an aromatic ring is 1. The van der Waals surface area contributed by atoms with E-state index in [2.05, 4.69) is 15.9 Å². The first-order valence-corrected chi connectivity index (χ1v) is 7.42. The molecule has 0 aliphatic carbocycles. The molecule has 0 fully saturated rings. The largest absolute Gasteiger partial charge is 0.489 e. The van der Waals surface area contributed by atoms with E-state index in [1.807, 2.05) is 36.4 Å². The van der Waals surface area contributed by atoms with Gasteiger partial charge in [0.15, 0.2) is 0 Å². The SMILES string of the molecule is Nc1ccccc1OCC(O)COCc1ccccc1Br. The number of aliphatic hydroxyl groups excluding tert-OH is 1. The van der Waals surface area contributed by atoms with Crippen LogP contribution in [0.1, 0.15) is 5.56 Å². The molecule has 0 radical (unpaired) electrons. The maximum Gasteiger partial charge on any atom is 0.142 e. The number of aliphatic hydroxyl groups is 1. The molecular weight excluding hydrogens is 334 g/mol. The van der Waals surface area contributed by atoms with Gasteiger partial charge in [0.2, 0.25) is 0 Å². The average molecular weight is 352 g/mol. The summed E-state index contributed by atoms with van der Waals surface area (Å²) in [6.07, 6.45) is -0.702. The Labute approximate surface area is 132 Å². The zero-order valence-corrected chi connectivity index (χ0v) is 13.1. The molecule has 0 heterocycles. The molecule has 0 saturated carbocycles. The second kappa shape index (κ2) is 8.02.